The van der Waals surface area contributed by atoms with Crippen LogP contribution in [0.5, 0.6) is 0 Å². The minimum atomic E-state index is -3.69. The van der Waals surface area contributed by atoms with Crippen LogP contribution in [-0.4, -0.2) is 19.8 Å². The molecule has 0 N–H and O–H groups in total. The van der Waals surface area contributed by atoms with Crippen molar-refractivity contribution in [3.63, 3.8) is 0 Å². The lowest BCUT2D eigenvalue weighted by Crippen LogP contribution is -2.26. The Kier molecular flexibility index (Phi) is 4.94. The lowest BCUT2D eigenvalue weighted by Gasteiger charge is -2.18. The summed E-state index contributed by atoms with van der Waals surface area (Å²) in [6.07, 6.45) is 0. The van der Waals surface area contributed by atoms with Gasteiger partial charge in [0.1, 0.15) is 4.90 Å². The lowest BCUT2D eigenvalue weighted by molar-refractivity contribution is 0.466. The Morgan fingerprint density at radius 3 is 2.48 bits per heavy atom. The summed E-state index contributed by atoms with van der Waals surface area (Å²) in [5.41, 5.74) is 2.00. The molecule has 0 saturated carbocycles. The van der Waals surface area contributed by atoms with Gasteiger partial charge in [-0.15, -0.1) is 0 Å². The number of hydrogen-bond acceptors (Lipinski definition) is 2. The molecular weight excluding hydrogens is 329 g/mol. The van der Waals surface area contributed by atoms with E-state index in [9.17, 15) is 8.42 Å². The van der Waals surface area contributed by atoms with Gasteiger partial charge in [0.25, 0.3) is 0 Å². The first-order chi connectivity index (χ1) is 9.80. The third-order valence-corrected chi connectivity index (χ3v) is 5.59. The van der Waals surface area contributed by atoms with Gasteiger partial charge in [-0.2, -0.15) is 4.31 Å². The van der Waals surface area contributed by atoms with Gasteiger partial charge in [0.2, 0.25) is 10.0 Å². The molecule has 0 radical (unpaired) electrons. The van der Waals surface area contributed by atoms with Crippen molar-refractivity contribution in [3.8, 4) is 0 Å². The smallest absolute Gasteiger partial charge is 0.207 e. The molecule has 3 nitrogen and oxygen atoms in total. The number of rotatable bonds is 4. The van der Waals surface area contributed by atoms with Gasteiger partial charge in [0, 0.05) is 18.6 Å². The fourth-order valence-corrected chi connectivity index (χ4v) is 3.89. The predicted molar refractivity (Wildman–Crippen MR) is 86.3 cm³/mol. The van der Waals surface area contributed by atoms with E-state index in [4.69, 9.17) is 23.2 Å². The van der Waals surface area contributed by atoms with Gasteiger partial charge >= 0.3 is 0 Å². The summed E-state index contributed by atoms with van der Waals surface area (Å²) in [6.45, 7) is 2.23. The molecule has 0 fully saturated rings. The number of sulfonamides is 1. The highest BCUT2D eigenvalue weighted by atomic mass is 35.5. The van der Waals surface area contributed by atoms with E-state index >= 15 is 0 Å². The van der Waals surface area contributed by atoms with Crippen LogP contribution in [-0.2, 0) is 16.6 Å². The molecule has 0 spiro atoms. The highest BCUT2D eigenvalue weighted by Gasteiger charge is 2.24. The Bertz CT molecular complexity index is 760. The molecular formula is C15H15Cl2NO2S. The summed E-state index contributed by atoms with van der Waals surface area (Å²) < 4.78 is 26.4. The molecule has 0 unspecified atom stereocenters. The molecule has 0 bridgehead atoms. The zero-order valence-electron chi connectivity index (χ0n) is 11.7. The maximum absolute atomic E-state index is 12.6. The van der Waals surface area contributed by atoms with Crippen LogP contribution in [0.1, 0.15) is 11.1 Å². The van der Waals surface area contributed by atoms with E-state index in [2.05, 4.69) is 0 Å². The van der Waals surface area contributed by atoms with Crippen LogP contribution in [0.3, 0.4) is 0 Å². The van der Waals surface area contributed by atoms with Gasteiger partial charge in [-0.1, -0.05) is 53.0 Å². The van der Waals surface area contributed by atoms with Crippen molar-refractivity contribution >= 4 is 33.2 Å². The number of hydrogen-bond donors (Lipinski definition) is 0. The summed E-state index contributed by atoms with van der Waals surface area (Å²) in [7, 11) is -2.16. The Hall–Kier alpha value is -1.07. The Morgan fingerprint density at radius 2 is 1.81 bits per heavy atom. The molecule has 2 aromatic carbocycles. The largest absolute Gasteiger partial charge is 0.244 e. The van der Waals surface area contributed by atoms with E-state index in [1.165, 1.54) is 23.5 Å². The van der Waals surface area contributed by atoms with Crippen molar-refractivity contribution in [2.45, 2.75) is 18.4 Å². The highest BCUT2D eigenvalue weighted by Crippen LogP contribution is 2.27. The quantitative estimate of drug-likeness (QED) is 0.837. The van der Waals surface area contributed by atoms with E-state index < -0.39 is 10.0 Å². The van der Waals surface area contributed by atoms with E-state index in [-0.39, 0.29) is 16.5 Å². The van der Waals surface area contributed by atoms with Crippen molar-refractivity contribution < 1.29 is 8.42 Å². The van der Waals surface area contributed by atoms with Gasteiger partial charge in [0.05, 0.1) is 5.02 Å². The van der Waals surface area contributed by atoms with Crippen LogP contribution in [0.25, 0.3) is 0 Å². The maximum atomic E-state index is 12.6. The molecule has 0 aromatic heterocycles. The zero-order chi connectivity index (χ0) is 15.6. The van der Waals surface area contributed by atoms with Gasteiger partial charge in [-0.3, -0.25) is 0 Å². The minimum Gasteiger partial charge on any atom is -0.207 e. The number of halogens is 2. The molecule has 0 saturated heterocycles. The van der Waals surface area contributed by atoms with Crippen LogP contribution in [0.4, 0.5) is 0 Å². The molecule has 0 aliphatic rings. The van der Waals surface area contributed by atoms with E-state index in [0.717, 1.165) is 11.1 Å². The third-order valence-electron chi connectivity index (χ3n) is 3.07. The lowest BCUT2D eigenvalue weighted by atomic mass is 10.1. The molecule has 112 valence electrons. The molecule has 21 heavy (non-hydrogen) atoms. The zero-order valence-corrected chi connectivity index (χ0v) is 14.0. The highest BCUT2D eigenvalue weighted by molar-refractivity contribution is 7.89. The third kappa shape index (κ3) is 3.77. The number of nitrogens with zero attached hydrogens (tertiary/aromatic N) is 1. The Morgan fingerprint density at radius 1 is 1.10 bits per heavy atom. The van der Waals surface area contributed by atoms with Crippen LogP contribution < -0.4 is 0 Å². The summed E-state index contributed by atoms with van der Waals surface area (Å²) >= 11 is 11.9. The van der Waals surface area contributed by atoms with Crippen molar-refractivity contribution in [2.24, 2.45) is 0 Å². The van der Waals surface area contributed by atoms with Crippen LogP contribution in [0.15, 0.2) is 47.4 Å². The van der Waals surface area contributed by atoms with Crippen molar-refractivity contribution in [3.05, 3.63) is 63.6 Å². The molecule has 0 amide bonds. The monoisotopic (exact) mass is 343 g/mol. The van der Waals surface area contributed by atoms with Gasteiger partial charge < -0.3 is 0 Å². The topological polar surface area (TPSA) is 37.4 Å². The number of benzene rings is 2. The Labute approximate surface area is 135 Å². The first-order valence-electron chi connectivity index (χ1n) is 6.27. The van der Waals surface area contributed by atoms with E-state index in [1.807, 2.05) is 31.2 Å². The summed E-state index contributed by atoms with van der Waals surface area (Å²) in [4.78, 5) is 0.0202. The standard InChI is InChI=1S/C15H15Cl2NO2S/c1-11-4-3-5-12(8-11)10-18(2)21(19,20)15-9-13(16)6-7-14(15)17/h3-9H,10H2,1-2H3. The van der Waals surface area contributed by atoms with Crippen LogP contribution in [0.2, 0.25) is 10.0 Å². The Balaban J connectivity index is 2.33. The summed E-state index contributed by atoms with van der Waals surface area (Å²) in [5.74, 6) is 0. The van der Waals surface area contributed by atoms with Crippen molar-refractivity contribution in [1.29, 1.82) is 0 Å². The van der Waals surface area contributed by atoms with E-state index in [0.29, 0.717) is 5.02 Å². The second-order valence-electron chi connectivity index (χ2n) is 4.82. The van der Waals surface area contributed by atoms with E-state index in [1.54, 1.807) is 6.07 Å². The predicted octanol–water partition coefficient (Wildman–Crippen LogP) is 4.12. The molecule has 0 aliphatic carbocycles. The molecule has 2 aromatic rings. The minimum absolute atomic E-state index is 0.0202. The van der Waals surface area contributed by atoms with Crippen LogP contribution >= 0.6 is 23.2 Å². The summed E-state index contributed by atoms with van der Waals surface area (Å²) in [5, 5.41) is 0.498. The average molecular weight is 344 g/mol. The van der Waals surface area contributed by atoms with Crippen LogP contribution in [0, 0.1) is 6.92 Å². The molecule has 0 aliphatic heterocycles. The normalized spacial score (nSPS) is 11.9. The van der Waals surface area contributed by atoms with Crippen molar-refractivity contribution in [2.75, 3.05) is 7.05 Å². The SMILES string of the molecule is Cc1cccc(CN(C)S(=O)(=O)c2cc(Cl)ccc2Cl)c1. The fourth-order valence-electron chi connectivity index (χ4n) is 2.00. The second kappa shape index (κ2) is 6.36. The second-order valence-corrected chi connectivity index (χ2v) is 7.68. The first-order valence-corrected chi connectivity index (χ1v) is 8.47. The molecule has 0 atom stereocenters. The fraction of sp³-hybridized carbons (Fsp3) is 0.200. The molecule has 2 rings (SSSR count). The molecule has 6 heteroatoms. The van der Waals surface area contributed by atoms with Gasteiger partial charge in [0.15, 0.2) is 0 Å². The first kappa shape index (κ1) is 16.3. The van der Waals surface area contributed by atoms with Gasteiger partial charge in [-0.05, 0) is 30.7 Å². The molecule has 0 heterocycles. The number of aryl methyl sites for hydroxylation is 1. The van der Waals surface area contributed by atoms with Crippen molar-refractivity contribution in [1.82, 2.24) is 4.31 Å². The van der Waals surface area contributed by atoms with Gasteiger partial charge in [-0.25, -0.2) is 8.42 Å². The maximum Gasteiger partial charge on any atom is 0.244 e. The average Bonchev–Trinajstić information content (AvgIpc) is 2.41. The summed E-state index contributed by atoms with van der Waals surface area (Å²) in [6, 6.07) is 12.1.